The molecular formula is C60H91Cl5N12O9P2. The number of methoxy groups -OCH3 is 2. The molecule has 5 heterocycles. The molecule has 0 bridgehead atoms. The van der Waals surface area contributed by atoms with Crippen molar-refractivity contribution in [1.29, 1.82) is 1.28 Å². The molecule has 88 heavy (non-hydrogen) atoms. The Morgan fingerprint density at radius 2 is 1.05 bits per heavy atom. The van der Waals surface area contributed by atoms with Gasteiger partial charge in [0.2, 0.25) is 21.1 Å². The van der Waals surface area contributed by atoms with Crippen molar-refractivity contribution in [2.45, 2.75) is 120 Å². The second-order valence-corrected chi connectivity index (χ2v) is 25.8. The first kappa shape index (κ1) is 77.4. The van der Waals surface area contributed by atoms with Gasteiger partial charge in [-0.3, -0.25) is 0 Å². The van der Waals surface area contributed by atoms with Crippen LogP contribution in [0, 0.1) is 21.7 Å². The molecule has 0 aliphatic carbocycles. The van der Waals surface area contributed by atoms with Crippen LogP contribution < -0.4 is 43.7 Å². The van der Waals surface area contributed by atoms with Crippen molar-refractivity contribution in [3.8, 4) is 34.5 Å². The molecule has 0 saturated carbocycles. The quantitative estimate of drug-likeness (QED) is 0.0343. The van der Waals surface area contributed by atoms with Crippen molar-refractivity contribution in [1.82, 2.24) is 45.2 Å². The number of aliphatic hydroxyl groups excluding tert-OH is 3. The number of aromatic nitrogens is 8. The van der Waals surface area contributed by atoms with E-state index in [2.05, 4.69) is 121 Å². The summed E-state index contributed by atoms with van der Waals surface area (Å²) in [5.41, 5.74) is 1.94. The van der Waals surface area contributed by atoms with Crippen LogP contribution in [0.2, 0.25) is 26.3 Å². The minimum absolute atomic E-state index is 0.0143. The lowest BCUT2D eigenvalue weighted by Gasteiger charge is -2.41. The van der Waals surface area contributed by atoms with Crippen LogP contribution in [0.25, 0.3) is 0 Å². The minimum Gasteiger partial charge on any atom is -0.503 e. The van der Waals surface area contributed by atoms with Crippen molar-refractivity contribution < 1.29 is 44.1 Å². The predicted molar refractivity (Wildman–Crippen MR) is 363 cm³/mol. The molecule has 0 radical (unpaired) electrons. The maximum atomic E-state index is 9.84. The number of aromatic hydroxyl groups is 1. The molecule has 490 valence electrons. The molecule has 0 fully saturated rings. The smallest absolute Gasteiger partial charge is 0.224 e. The van der Waals surface area contributed by atoms with Crippen molar-refractivity contribution >= 4 is 93.3 Å². The van der Waals surface area contributed by atoms with E-state index in [1.165, 1.54) is 12.4 Å². The highest BCUT2D eigenvalue weighted by atomic mass is 35.5. The highest BCUT2D eigenvalue weighted by Gasteiger charge is 2.36. The monoisotopic (exact) mass is 1360 g/mol. The van der Waals surface area contributed by atoms with Gasteiger partial charge in [-0.1, -0.05) is 119 Å². The molecule has 2 aromatic carbocycles. The third kappa shape index (κ3) is 25.8. The minimum atomic E-state index is -0.181. The van der Waals surface area contributed by atoms with Gasteiger partial charge in [-0.05, 0) is 111 Å². The van der Waals surface area contributed by atoms with Gasteiger partial charge in [0, 0.05) is 27.2 Å². The van der Waals surface area contributed by atoms with Crippen LogP contribution in [0.15, 0.2) is 73.3 Å². The summed E-state index contributed by atoms with van der Waals surface area (Å²) >= 11 is 28.9. The van der Waals surface area contributed by atoms with Gasteiger partial charge in [0.25, 0.3) is 0 Å². The Balaban J connectivity index is 0.000000387. The fourth-order valence-electron chi connectivity index (χ4n) is 8.50. The van der Waals surface area contributed by atoms with Crippen molar-refractivity contribution in [2.75, 3.05) is 83.5 Å². The van der Waals surface area contributed by atoms with Crippen LogP contribution in [0.4, 0.5) is 17.5 Å². The van der Waals surface area contributed by atoms with Crippen molar-refractivity contribution in [2.24, 2.45) is 21.7 Å². The van der Waals surface area contributed by atoms with Crippen molar-refractivity contribution in [3.05, 3.63) is 111 Å². The largest absolute Gasteiger partial charge is 0.503 e. The molecule has 6 aromatic rings. The van der Waals surface area contributed by atoms with Gasteiger partial charge in [0.1, 0.15) is 31.3 Å². The van der Waals surface area contributed by atoms with Crippen molar-refractivity contribution in [3.63, 3.8) is 0 Å². The first-order chi connectivity index (χ1) is 41.5. The Labute approximate surface area is 551 Å². The van der Waals surface area contributed by atoms with Gasteiger partial charge in [0.15, 0.2) is 45.6 Å². The Kier molecular flexibility index (Phi) is 32.9. The number of anilines is 3. The highest BCUT2D eigenvalue weighted by Crippen LogP contribution is 2.38. The average molecular weight is 1370 g/mol. The summed E-state index contributed by atoms with van der Waals surface area (Å²) in [6, 6.07) is 15.3. The van der Waals surface area contributed by atoms with Crippen LogP contribution in [0.1, 0.15) is 94.2 Å². The number of rotatable bonds is 16. The second-order valence-electron chi connectivity index (χ2n) is 24.1. The van der Waals surface area contributed by atoms with E-state index in [4.69, 9.17) is 88.1 Å². The molecule has 0 amide bonds. The third-order valence-electron chi connectivity index (χ3n) is 13.6. The van der Waals surface area contributed by atoms with E-state index in [-0.39, 0.29) is 107 Å². The van der Waals surface area contributed by atoms with E-state index in [0.717, 1.165) is 28.4 Å². The molecule has 2 unspecified atom stereocenters. The summed E-state index contributed by atoms with van der Waals surface area (Å²) in [4.78, 5) is 37.4. The molecule has 0 saturated heterocycles. The fraction of sp³-hybridized carbons (Fsp3) is 0.533. The van der Waals surface area contributed by atoms with Gasteiger partial charge in [0.05, 0.1) is 78.2 Å². The normalized spacial score (nSPS) is 14.1. The van der Waals surface area contributed by atoms with Crippen LogP contribution in [-0.4, -0.2) is 155 Å². The number of benzene rings is 2. The number of aliphatic hydroxyl groups is 3. The second kappa shape index (κ2) is 37.4. The summed E-state index contributed by atoms with van der Waals surface area (Å²) in [5.74, 6) is 4.78. The van der Waals surface area contributed by atoms with E-state index in [1.807, 2.05) is 95.3 Å². The molecule has 0 spiro atoms. The zero-order chi connectivity index (χ0) is 67.6. The SMILES string of the molecule is CN(c1nc(Cl)ncc1O)[C@H](CO)C(C)(C)C.CN1c2nc(Cl)ncc2OC[C@@H]1C(C)(C)C.CN[C@H](CO)C(C)(C)C.COc1ccc(COc2cnc(Cl)nc2Cl)cc1.COc1ccc(COc2cnc(Cl)nc2N(C)[C@H](CO)C(C)(C)C)cc1.[3H]PP. The van der Waals surface area contributed by atoms with Gasteiger partial charge in [-0.2, -0.15) is 15.0 Å². The number of nitrogens with zero attached hydrogens (tertiary/aromatic N) is 11. The van der Waals surface area contributed by atoms with E-state index in [0.29, 0.717) is 48.7 Å². The van der Waals surface area contributed by atoms with E-state index in [1.54, 1.807) is 38.6 Å². The standard InChI is InChI=1S/C19H26ClN3O3.C12H10Cl2N2O2.C11H18ClN3O2.C11H16ClN3O.C7H17NO.H4P2/c1-19(2,3)16(11-24)23(4)17-15(10-21-18(20)22-17)26-12-13-6-8-14(25-5)9-7-13;1-17-9-4-2-8(3-5-9)7-18-10-6-15-12(14)16-11(10)13;1-11(2,3)8(6-16)15(4)9-7(17)5-13-10(12)14-9;1-11(2,3)8-6-16-7-5-13-10(12)14-9(7)15(8)4;1-7(2,3)6(5-9)8-4;1-2/h6-10,16,24H,11-12H2,1-5H3;2-6H,7H2,1H3;5,8,16-17H,6H2,1-4H3;5,8H,6H2,1-4H3;6,8-9H,5H2,1-4H3;1-2H2/t16-;;2*8-;6-;/m1.111./s1/i;;;;;1T. The summed E-state index contributed by atoms with van der Waals surface area (Å²) in [6.07, 6.45) is 5.88. The zero-order valence-corrected chi connectivity index (χ0v) is 59.6. The van der Waals surface area contributed by atoms with Gasteiger partial charge >= 0.3 is 0 Å². The highest BCUT2D eigenvalue weighted by molar-refractivity contribution is 7.92. The van der Waals surface area contributed by atoms with Crippen LogP contribution in [-0.2, 0) is 13.2 Å². The number of ether oxygens (including phenoxy) is 5. The summed E-state index contributed by atoms with van der Waals surface area (Å²) < 4.78 is 33.5. The van der Waals surface area contributed by atoms with E-state index < -0.39 is 0 Å². The fourth-order valence-corrected chi connectivity index (χ4v) is 9.24. The number of hydrogen-bond acceptors (Lipinski definition) is 21. The van der Waals surface area contributed by atoms with Crippen LogP contribution in [0.3, 0.4) is 0 Å². The van der Waals surface area contributed by atoms with E-state index >= 15 is 0 Å². The molecule has 21 nitrogen and oxygen atoms in total. The number of halogens is 5. The number of fused-ring (bicyclic) bond motifs is 1. The maximum Gasteiger partial charge on any atom is 0.224 e. The summed E-state index contributed by atoms with van der Waals surface area (Å²) in [5, 5.41) is 41.6. The molecule has 7 rings (SSSR count). The van der Waals surface area contributed by atoms with E-state index in [9.17, 15) is 15.3 Å². The first-order valence-electron chi connectivity index (χ1n) is 28.2. The van der Waals surface area contributed by atoms with Crippen LogP contribution in [0.5, 0.6) is 34.5 Å². The number of likely N-dealkylation sites (N-methyl/N-ethyl adjacent to an activating group) is 4. The molecule has 4 aromatic heterocycles. The summed E-state index contributed by atoms with van der Waals surface area (Å²) in [6.45, 7) is 26.6. The topological polar surface area (TPSA) is 252 Å². The Hall–Kier alpha value is -4.89. The Bertz CT molecular complexity index is 3020. The molecule has 6 atom stereocenters. The lowest BCUT2D eigenvalue weighted by atomic mass is 9.86. The molecule has 28 heteroatoms. The van der Waals surface area contributed by atoms with Crippen LogP contribution >= 0.6 is 75.8 Å². The van der Waals surface area contributed by atoms with Gasteiger partial charge in [-0.15, -0.1) is 17.8 Å². The van der Waals surface area contributed by atoms with Gasteiger partial charge in [-0.25, -0.2) is 24.9 Å². The zero-order valence-electron chi connectivity index (χ0n) is 54.7. The lowest BCUT2D eigenvalue weighted by molar-refractivity contribution is 0.166. The summed E-state index contributed by atoms with van der Waals surface area (Å²) in [7, 11) is 13.3. The molecule has 1 aliphatic rings. The first-order valence-corrected chi connectivity index (χ1v) is 31.9. The van der Waals surface area contributed by atoms with Gasteiger partial charge < -0.3 is 64.1 Å². The molecular weight excluding hydrogens is 1270 g/mol. The Morgan fingerprint density at radius 1 is 0.636 bits per heavy atom. The number of hydrogen-bond donors (Lipinski definition) is 5. The number of nitrogens with one attached hydrogen (secondary N) is 1. The Morgan fingerprint density at radius 3 is 1.44 bits per heavy atom. The molecule has 1 aliphatic heterocycles. The average Bonchev–Trinajstić information content (AvgIpc) is 1.61. The lowest BCUT2D eigenvalue weighted by Crippen LogP contribution is -2.49. The molecule has 5 N–H and O–H groups in total. The predicted octanol–water partition coefficient (Wildman–Crippen LogP) is 12.2. The third-order valence-corrected chi connectivity index (χ3v) is 14.6. The maximum absolute atomic E-state index is 9.84.